The molecule has 7 nitrogen and oxygen atoms in total. The number of nitrogens with zero attached hydrogens (tertiary/aromatic N) is 5. The highest BCUT2D eigenvalue weighted by Crippen LogP contribution is 2.28. The monoisotopic (exact) mass is 461 g/mol. The zero-order chi connectivity index (χ0) is 24.5. The van der Waals surface area contributed by atoms with E-state index >= 15 is 0 Å². The van der Waals surface area contributed by atoms with E-state index in [0.717, 1.165) is 50.3 Å². The Balaban J connectivity index is 1.57. The molecule has 2 aromatic carbocycles. The Labute approximate surface area is 204 Å². The van der Waals surface area contributed by atoms with Crippen molar-refractivity contribution < 1.29 is 9.53 Å². The smallest absolute Gasteiger partial charge is 0.309 e. The van der Waals surface area contributed by atoms with Crippen molar-refractivity contribution in [1.82, 2.24) is 19.6 Å². The number of benzene rings is 2. The second kappa shape index (κ2) is 9.21. The SMILES string of the molecule is [B]c1c(Cc2ccc(CC(=O)OC)cc2)nc2c(-c3cnc4ccccc4c3)cnn2c1N(C)C. The molecule has 0 fully saturated rings. The largest absolute Gasteiger partial charge is 0.469 e. The fourth-order valence-corrected chi connectivity index (χ4v) is 4.23. The lowest BCUT2D eigenvalue weighted by Crippen LogP contribution is -2.28. The zero-order valence-electron chi connectivity index (χ0n) is 19.9. The molecule has 0 atom stereocenters. The summed E-state index contributed by atoms with van der Waals surface area (Å²) in [5.74, 6) is 0.508. The molecule has 0 spiro atoms. The Morgan fingerprint density at radius 3 is 2.54 bits per heavy atom. The third kappa shape index (κ3) is 4.35. The first-order valence-electron chi connectivity index (χ1n) is 11.3. The van der Waals surface area contributed by atoms with E-state index in [0.29, 0.717) is 11.9 Å². The van der Waals surface area contributed by atoms with Crippen molar-refractivity contribution in [2.45, 2.75) is 12.8 Å². The van der Waals surface area contributed by atoms with Crippen LogP contribution in [0, 0.1) is 0 Å². The van der Waals surface area contributed by atoms with Crippen LogP contribution >= 0.6 is 0 Å². The maximum absolute atomic E-state index is 11.6. The van der Waals surface area contributed by atoms with Gasteiger partial charge >= 0.3 is 5.97 Å². The van der Waals surface area contributed by atoms with Gasteiger partial charge in [-0.1, -0.05) is 42.5 Å². The van der Waals surface area contributed by atoms with Crippen molar-refractivity contribution in [3.05, 3.63) is 83.8 Å². The number of anilines is 1. The van der Waals surface area contributed by atoms with E-state index in [1.54, 1.807) is 4.52 Å². The summed E-state index contributed by atoms with van der Waals surface area (Å²) in [5, 5.41) is 5.67. The number of ether oxygens (including phenoxy) is 1. The summed E-state index contributed by atoms with van der Waals surface area (Å²) in [6.07, 6.45) is 4.45. The van der Waals surface area contributed by atoms with Gasteiger partial charge in [-0.25, -0.2) is 4.98 Å². The molecule has 2 radical (unpaired) electrons. The van der Waals surface area contributed by atoms with Gasteiger partial charge in [0.25, 0.3) is 0 Å². The van der Waals surface area contributed by atoms with Gasteiger partial charge in [-0.2, -0.15) is 9.61 Å². The van der Waals surface area contributed by atoms with Gasteiger partial charge in [0.15, 0.2) is 5.65 Å². The van der Waals surface area contributed by atoms with Crippen LogP contribution in [0.25, 0.3) is 27.7 Å². The summed E-state index contributed by atoms with van der Waals surface area (Å²) in [6.45, 7) is 0. The van der Waals surface area contributed by atoms with Crippen LogP contribution in [-0.2, 0) is 22.4 Å². The van der Waals surface area contributed by atoms with E-state index in [1.807, 2.05) is 79.9 Å². The predicted octanol–water partition coefficient (Wildman–Crippen LogP) is 3.11. The number of pyridine rings is 1. The number of aromatic nitrogens is 4. The second-order valence-corrected chi connectivity index (χ2v) is 8.65. The van der Waals surface area contributed by atoms with E-state index in [1.165, 1.54) is 7.11 Å². The first kappa shape index (κ1) is 22.6. The molecule has 35 heavy (non-hydrogen) atoms. The van der Waals surface area contributed by atoms with Gasteiger partial charge in [0.1, 0.15) is 13.7 Å². The van der Waals surface area contributed by atoms with E-state index < -0.39 is 0 Å². The third-order valence-corrected chi connectivity index (χ3v) is 6.03. The number of para-hydroxylation sites is 1. The second-order valence-electron chi connectivity index (χ2n) is 8.65. The van der Waals surface area contributed by atoms with Gasteiger partial charge in [-0.15, -0.1) is 0 Å². The van der Waals surface area contributed by atoms with Crippen molar-refractivity contribution >= 4 is 41.6 Å². The zero-order valence-corrected chi connectivity index (χ0v) is 19.9. The standard InChI is InChI=1S/C27H24BN5O2/c1-32(2)27-25(28)23(12-17-8-10-18(11-9-17)13-24(34)35-3)31-26-21(16-30-33(26)27)20-14-19-6-4-5-7-22(19)29-15-20/h4-11,14-16H,12-13H2,1-3H3. The molecule has 0 saturated carbocycles. The van der Waals surface area contributed by atoms with E-state index in [-0.39, 0.29) is 12.4 Å². The minimum absolute atomic E-state index is 0.243. The van der Waals surface area contributed by atoms with E-state index in [2.05, 4.69) is 16.1 Å². The molecule has 0 saturated heterocycles. The number of carbonyl (C=O) groups excluding carboxylic acids is 1. The molecule has 0 N–H and O–H groups in total. The molecule has 0 amide bonds. The summed E-state index contributed by atoms with van der Waals surface area (Å²) in [7, 11) is 11.9. The van der Waals surface area contributed by atoms with E-state index in [9.17, 15) is 4.79 Å². The fraction of sp³-hybridized carbons (Fsp3) is 0.185. The number of hydrogen-bond donors (Lipinski definition) is 0. The Bertz CT molecular complexity index is 1540. The summed E-state index contributed by atoms with van der Waals surface area (Å²) < 4.78 is 6.53. The van der Waals surface area contributed by atoms with Gasteiger partial charge in [-0.3, -0.25) is 9.78 Å². The number of hydrogen-bond acceptors (Lipinski definition) is 6. The normalized spacial score (nSPS) is 11.2. The van der Waals surface area contributed by atoms with Crippen molar-refractivity contribution in [2.24, 2.45) is 0 Å². The van der Waals surface area contributed by atoms with Crippen LogP contribution in [0.3, 0.4) is 0 Å². The van der Waals surface area contributed by atoms with Gasteiger partial charge in [-0.05, 0) is 28.7 Å². The molecular weight excluding hydrogens is 437 g/mol. The van der Waals surface area contributed by atoms with Gasteiger partial charge in [0.2, 0.25) is 0 Å². The van der Waals surface area contributed by atoms with Crippen LogP contribution in [0.5, 0.6) is 0 Å². The molecule has 172 valence electrons. The fourth-order valence-electron chi connectivity index (χ4n) is 4.23. The van der Waals surface area contributed by atoms with Gasteiger partial charge < -0.3 is 9.64 Å². The maximum Gasteiger partial charge on any atom is 0.309 e. The van der Waals surface area contributed by atoms with Crippen molar-refractivity contribution in [3.8, 4) is 11.1 Å². The molecule has 0 aliphatic heterocycles. The topological polar surface area (TPSA) is 72.6 Å². The van der Waals surface area contributed by atoms with Crippen LogP contribution in [0.2, 0.25) is 0 Å². The van der Waals surface area contributed by atoms with Crippen LogP contribution in [0.15, 0.2) is 67.0 Å². The Morgan fingerprint density at radius 1 is 1.06 bits per heavy atom. The minimum atomic E-state index is -0.263. The lowest BCUT2D eigenvalue weighted by molar-refractivity contribution is -0.139. The number of methoxy groups -OCH3 is 1. The summed E-state index contributed by atoms with van der Waals surface area (Å²) in [6, 6.07) is 18.0. The molecule has 5 aromatic rings. The molecule has 3 aromatic heterocycles. The van der Waals surface area contributed by atoms with Crippen LogP contribution in [0.4, 0.5) is 5.82 Å². The van der Waals surface area contributed by atoms with Crippen molar-refractivity contribution in [3.63, 3.8) is 0 Å². The third-order valence-electron chi connectivity index (χ3n) is 6.03. The molecule has 5 rings (SSSR count). The molecule has 0 aliphatic carbocycles. The summed E-state index contributed by atoms with van der Waals surface area (Å²) >= 11 is 0. The van der Waals surface area contributed by atoms with E-state index in [4.69, 9.17) is 17.6 Å². The van der Waals surface area contributed by atoms with Crippen molar-refractivity contribution in [1.29, 1.82) is 0 Å². The van der Waals surface area contributed by atoms with Crippen LogP contribution < -0.4 is 10.4 Å². The first-order chi connectivity index (χ1) is 16.9. The predicted molar refractivity (Wildman–Crippen MR) is 138 cm³/mol. The maximum atomic E-state index is 11.6. The number of fused-ring (bicyclic) bond motifs is 2. The van der Waals surface area contributed by atoms with Crippen LogP contribution in [-0.4, -0.2) is 54.6 Å². The molecule has 0 aliphatic rings. The minimum Gasteiger partial charge on any atom is -0.469 e. The lowest BCUT2D eigenvalue weighted by Gasteiger charge is -2.20. The molecule has 0 unspecified atom stereocenters. The Morgan fingerprint density at radius 2 is 1.80 bits per heavy atom. The quantitative estimate of drug-likeness (QED) is 0.286. The Kier molecular flexibility index (Phi) is 5.95. The number of esters is 1. The number of carbonyl (C=O) groups is 1. The van der Waals surface area contributed by atoms with Gasteiger partial charge in [0, 0.05) is 48.9 Å². The average Bonchev–Trinajstić information content (AvgIpc) is 3.28. The molecule has 3 heterocycles. The summed E-state index contributed by atoms with van der Waals surface area (Å²) in [4.78, 5) is 23.1. The van der Waals surface area contributed by atoms with Gasteiger partial charge in [0.05, 0.1) is 25.2 Å². The highest BCUT2D eigenvalue weighted by atomic mass is 16.5. The highest BCUT2D eigenvalue weighted by molar-refractivity contribution is 6.36. The molecule has 0 bridgehead atoms. The average molecular weight is 461 g/mol. The number of rotatable bonds is 6. The van der Waals surface area contributed by atoms with Crippen LogP contribution in [0.1, 0.15) is 16.8 Å². The molecule has 8 heteroatoms. The highest BCUT2D eigenvalue weighted by Gasteiger charge is 2.18. The lowest BCUT2D eigenvalue weighted by atomic mass is 9.90. The van der Waals surface area contributed by atoms with Crippen molar-refractivity contribution in [2.75, 3.05) is 26.1 Å². The summed E-state index contributed by atoms with van der Waals surface area (Å²) in [5.41, 5.74) is 6.77. The molecular formula is C27H24BN5O2. The first-order valence-corrected chi connectivity index (χ1v) is 11.3. The Hall–Kier alpha value is -4.20.